The molecule has 0 aliphatic carbocycles. The molecule has 1 amide bonds. The SMILES string of the molecule is CCOC(=O)c1ccc(NC(=O)C2CCN(Cc3nc(-c4ccccc4Cl)no3)CC2)cc1Cl. The van der Waals surface area contributed by atoms with Gasteiger partial charge in [-0.25, -0.2) is 4.79 Å². The Labute approximate surface area is 207 Å². The summed E-state index contributed by atoms with van der Waals surface area (Å²) in [6.45, 7) is 3.96. The van der Waals surface area contributed by atoms with E-state index in [1.807, 2.05) is 18.2 Å². The summed E-state index contributed by atoms with van der Waals surface area (Å²) in [7, 11) is 0. The Morgan fingerprint density at radius 1 is 1.15 bits per heavy atom. The van der Waals surface area contributed by atoms with Crippen LogP contribution in [-0.2, 0) is 16.1 Å². The van der Waals surface area contributed by atoms with Crippen LogP contribution in [0.25, 0.3) is 11.4 Å². The fourth-order valence-corrected chi connectivity index (χ4v) is 4.31. The van der Waals surface area contributed by atoms with Gasteiger partial charge in [0.25, 0.3) is 0 Å². The third kappa shape index (κ3) is 5.75. The summed E-state index contributed by atoms with van der Waals surface area (Å²) in [5, 5.41) is 7.74. The maximum absolute atomic E-state index is 12.7. The van der Waals surface area contributed by atoms with Gasteiger partial charge in [-0.05, 0) is 63.2 Å². The van der Waals surface area contributed by atoms with Gasteiger partial charge in [-0.2, -0.15) is 4.98 Å². The van der Waals surface area contributed by atoms with Gasteiger partial charge in [-0.15, -0.1) is 0 Å². The number of hydrogen-bond donors (Lipinski definition) is 1. The summed E-state index contributed by atoms with van der Waals surface area (Å²) in [5.41, 5.74) is 1.54. The molecule has 1 aromatic heterocycles. The maximum Gasteiger partial charge on any atom is 0.339 e. The highest BCUT2D eigenvalue weighted by Gasteiger charge is 2.26. The molecule has 4 rings (SSSR count). The maximum atomic E-state index is 12.7. The fourth-order valence-electron chi connectivity index (χ4n) is 3.83. The minimum Gasteiger partial charge on any atom is -0.462 e. The van der Waals surface area contributed by atoms with E-state index in [0.29, 0.717) is 41.8 Å². The number of aromatic nitrogens is 2. The van der Waals surface area contributed by atoms with E-state index >= 15 is 0 Å². The molecule has 1 fully saturated rings. The topological polar surface area (TPSA) is 97.6 Å². The zero-order valence-corrected chi connectivity index (χ0v) is 20.1. The first-order valence-electron chi connectivity index (χ1n) is 11.0. The van der Waals surface area contributed by atoms with E-state index in [9.17, 15) is 9.59 Å². The number of carbonyl (C=O) groups excluding carboxylic acids is 2. The molecule has 1 N–H and O–H groups in total. The number of ether oxygens (including phenoxy) is 1. The van der Waals surface area contributed by atoms with E-state index in [2.05, 4.69) is 20.4 Å². The van der Waals surface area contributed by atoms with Crippen LogP contribution in [0.3, 0.4) is 0 Å². The molecule has 0 unspecified atom stereocenters. The molecular weight excluding hydrogens is 479 g/mol. The van der Waals surface area contributed by atoms with Crippen LogP contribution in [0.1, 0.15) is 36.0 Å². The lowest BCUT2D eigenvalue weighted by molar-refractivity contribution is -0.121. The van der Waals surface area contributed by atoms with Crippen molar-refractivity contribution in [3.63, 3.8) is 0 Å². The van der Waals surface area contributed by atoms with Crippen molar-refractivity contribution < 1.29 is 18.8 Å². The number of halogens is 2. The zero-order valence-electron chi connectivity index (χ0n) is 18.6. The molecule has 0 saturated carbocycles. The van der Waals surface area contributed by atoms with E-state index < -0.39 is 5.97 Å². The largest absolute Gasteiger partial charge is 0.462 e. The number of likely N-dealkylation sites (tertiary alicyclic amines) is 1. The van der Waals surface area contributed by atoms with Gasteiger partial charge in [0, 0.05) is 17.2 Å². The van der Waals surface area contributed by atoms with Gasteiger partial charge in [0.2, 0.25) is 17.6 Å². The Kier molecular flexibility index (Phi) is 7.82. The van der Waals surface area contributed by atoms with Crippen LogP contribution < -0.4 is 5.32 Å². The molecule has 2 aromatic carbocycles. The van der Waals surface area contributed by atoms with Crippen LogP contribution in [-0.4, -0.2) is 46.6 Å². The van der Waals surface area contributed by atoms with Crippen molar-refractivity contribution >= 4 is 40.8 Å². The molecular formula is C24H24Cl2N4O4. The number of piperidine rings is 1. The van der Waals surface area contributed by atoms with Crippen molar-refractivity contribution in [2.24, 2.45) is 5.92 Å². The first kappa shape index (κ1) is 24.2. The molecule has 8 nitrogen and oxygen atoms in total. The highest BCUT2D eigenvalue weighted by Crippen LogP contribution is 2.27. The van der Waals surface area contributed by atoms with Crippen LogP contribution in [0.4, 0.5) is 5.69 Å². The summed E-state index contributed by atoms with van der Waals surface area (Å²) in [4.78, 5) is 31.3. The second kappa shape index (κ2) is 11.0. The van der Waals surface area contributed by atoms with Crippen LogP contribution in [0.2, 0.25) is 10.0 Å². The molecule has 0 radical (unpaired) electrons. The Morgan fingerprint density at radius 2 is 1.91 bits per heavy atom. The lowest BCUT2D eigenvalue weighted by atomic mass is 9.96. The van der Waals surface area contributed by atoms with Crippen LogP contribution in [0.15, 0.2) is 47.0 Å². The standard InChI is InChI=1S/C24H24Cl2N4O4/c1-2-33-24(32)18-8-7-16(13-20(18)26)27-23(31)15-9-11-30(12-10-15)14-21-28-22(29-34-21)17-5-3-4-6-19(17)25/h3-8,13,15H,2,9-12,14H2,1H3,(H,27,31). The Bertz CT molecular complexity index is 1180. The lowest BCUT2D eigenvalue weighted by Crippen LogP contribution is -2.37. The first-order valence-corrected chi connectivity index (χ1v) is 11.8. The number of amides is 1. The predicted octanol–water partition coefficient (Wildman–Crippen LogP) is 5.07. The number of esters is 1. The average molecular weight is 503 g/mol. The normalized spacial score (nSPS) is 14.7. The van der Waals surface area contributed by atoms with Crippen molar-refractivity contribution in [1.29, 1.82) is 0 Å². The number of hydrogen-bond acceptors (Lipinski definition) is 7. The highest BCUT2D eigenvalue weighted by atomic mass is 35.5. The van der Waals surface area contributed by atoms with Crippen LogP contribution >= 0.6 is 23.2 Å². The van der Waals surface area contributed by atoms with Gasteiger partial charge in [0.05, 0.1) is 28.8 Å². The van der Waals surface area contributed by atoms with Crippen molar-refractivity contribution in [3.8, 4) is 11.4 Å². The smallest absolute Gasteiger partial charge is 0.339 e. The van der Waals surface area contributed by atoms with E-state index in [4.69, 9.17) is 32.5 Å². The molecule has 0 bridgehead atoms. The van der Waals surface area contributed by atoms with E-state index in [-0.39, 0.29) is 29.0 Å². The second-order valence-corrected chi connectivity index (χ2v) is 8.76. The van der Waals surface area contributed by atoms with Crippen molar-refractivity contribution in [3.05, 3.63) is 64.0 Å². The number of carbonyl (C=O) groups is 2. The molecule has 1 aliphatic rings. The lowest BCUT2D eigenvalue weighted by Gasteiger charge is -2.30. The van der Waals surface area contributed by atoms with Gasteiger partial charge < -0.3 is 14.6 Å². The minimum absolute atomic E-state index is 0.0709. The quantitative estimate of drug-likeness (QED) is 0.450. The van der Waals surface area contributed by atoms with E-state index in [0.717, 1.165) is 18.7 Å². The monoisotopic (exact) mass is 502 g/mol. The van der Waals surface area contributed by atoms with E-state index in [1.165, 1.54) is 0 Å². The summed E-state index contributed by atoms with van der Waals surface area (Å²) in [6.07, 6.45) is 1.40. The van der Waals surface area contributed by atoms with Gasteiger partial charge in [0.15, 0.2) is 0 Å². The van der Waals surface area contributed by atoms with Crippen molar-refractivity contribution in [2.45, 2.75) is 26.3 Å². The summed E-state index contributed by atoms with van der Waals surface area (Å²) < 4.78 is 10.4. The van der Waals surface area contributed by atoms with Gasteiger partial charge in [-0.3, -0.25) is 9.69 Å². The molecule has 3 aromatic rings. The number of benzene rings is 2. The Balaban J connectivity index is 1.29. The molecule has 34 heavy (non-hydrogen) atoms. The fraction of sp³-hybridized carbons (Fsp3) is 0.333. The highest BCUT2D eigenvalue weighted by molar-refractivity contribution is 6.34. The number of nitrogens with one attached hydrogen (secondary N) is 1. The summed E-state index contributed by atoms with van der Waals surface area (Å²) >= 11 is 12.4. The van der Waals surface area contributed by atoms with Crippen molar-refractivity contribution in [2.75, 3.05) is 25.0 Å². The third-order valence-electron chi connectivity index (χ3n) is 5.63. The molecule has 10 heteroatoms. The van der Waals surface area contributed by atoms with Crippen molar-refractivity contribution in [1.82, 2.24) is 15.0 Å². The molecule has 1 saturated heterocycles. The molecule has 0 atom stereocenters. The number of anilines is 1. The Morgan fingerprint density at radius 3 is 2.62 bits per heavy atom. The summed E-state index contributed by atoms with van der Waals surface area (Å²) in [5.74, 6) is 0.286. The molecule has 0 spiro atoms. The predicted molar refractivity (Wildman–Crippen MR) is 129 cm³/mol. The number of rotatable bonds is 7. The van der Waals surface area contributed by atoms with Gasteiger partial charge >= 0.3 is 5.97 Å². The van der Waals surface area contributed by atoms with Gasteiger partial charge in [-0.1, -0.05) is 40.5 Å². The second-order valence-electron chi connectivity index (χ2n) is 7.95. The first-order chi connectivity index (χ1) is 16.4. The Hall–Kier alpha value is -2.94. The summed E-state index contributed by atoms with van der Waals surface area (Å²) in [6, 6.07) is 12.1. The average Bonchev–Trinajstić information content (AvgIpc) is 3.28. The minimum atomic E-state index is -0.488. The molecule has 1 aliphatic heterocycles. The zero-order chi connectivity index (χ0) is 24.1. The molecule has 178 valence electrons. The van der Waals surface area contributed by atoms with E-state index in [1.54, 1.807) is 31.2 Å². The third-order valence-corrected chi connectivity index (χ3v) is 6.27. The number of nitrogens with zero attached hydrogens (tertiary/aromatic N) is 3. The molecule has 2 heterocycles. The van der Waals surface area contributed by atoms with Gasteiger partial charge in [0.1, 0.15) is 0 Å². The van der Waals surface area contributed by atoms with Crippen LogP contribution in [0.5, 0.6) is 0 Å². The van der Waals surface area contributed by atoms with Crippen LogP contribution in [0, 0.1) is 5.92 Å².